The van der Waals surface area contributed by atoms with E-state index in [1.54, 1.807) is 12.1 Å². The van der Waals surface area contributed by atoms with E-state index in [0.29, 0.717) is 37.1 Å². The molecular formula is C24H30N8O5. The molecule has 0 aliphatic carbocycles. The van der Waals surface area contributed by atoms with E-state index >= 15 is 0 Å². The number of nitrogens with two attached hydrogens (primary N) is 3. The number of anilines is 2. The average molecular weight is 511 g/mol. The zero-order chi connectivity index (χ0) is 26.9. The fourth-order valence-electron chi connectivity index (χ4n) is 3.68. The van der Waals surface area contributed by atoms with E-state index in [0.717, 1.165) is 0 Å². The van der Waals surface area contributed by atoms with Crippen molar-refractivity contribution < 1.29 is 23.9 Å². The number of carbonyl (C=O) groups excluding carboxylic acids is 4. The molecule has 13 nitrogen and oxygen atoms in total. The van der Waals surface area contributed by atoms with Crippen LogP contribution in [0.3, 0.4) is 0 Å². The molecule has 37 heavy (non-hydrogen) atoms. The van der Waals surface area contributed by atoms with Crippen LogP contribution in [0.4, 0.5) is 11.4 Å². The summed E-state index contributed by atoms with van der Waals surface area (Å²) in [5, 5.41) is 18.0. The first-order valence-electron chi connectivity index (χ1n) is 11.6. The average Bonchev–Trinajstić information content (AvgIpc) is 2.85. The SMILES string of the molecule is N=C(N)Nc1ccc2c(c1)C(=O)N[C@@H](CCCCN)C(=O)NCC(=O)Nc1cc(C(N)=O)ccc1CO2. The standard InChI is InChI=1S/C24H30N8O5/c25-8-2-1-3-17-23(36)29-11-20(33)31-18-9-13(21(26)34)4-5-14(18)12-37-19-7-6-15(30-24(27)28)10-16(19)22(35)32-17/h4-7,9-10,17H,1-3,8,11-12,25H2,(H2,26,34)(H,29,36)(H,31,33)(H,32,35)(H4,27,28,30)/t17-/m0/s1. The van der Waals surface area contributed by atoms with Crippen molar-refractivity contribution in [2.75, 3.05) is 23.7 Å². The van der Waals surface area contributed by atoms with Gasteiger partial charge >= 0.3 is 0 Å². The molecule has 13 heteroatoms. The Morgan fingerprint density at radius 3 is 2.59 bits per heavy atom. The van der Waals surface area contributed by atoms with Crippen molar-refractivity contribution in [3.63, 3.8) is 0 Å². The van der Waals surface area contributed by atoms with Gasteiger partial charge in [-0.2, -0.15) is 0 Å². The fourth-order valence-corrected chi connectivity index (χ4v) is 3.68. The third-order valence-electron chi connectivity index (χ3n) is 5.55. The molecule has 11 N–H and O–H groups in total. The molecule has 0 bridgehead atoms. The topological polar surface area (TPSA) is 228 Å². The number of hydrogen-bond donors (Lipinski definition) is 8. The van der Waals surface area contributed by atoms with Crippen LogP contribution in [0, 0.1) is 5.41 Å². The molecule has 2 aromatic rings. The summed E-state index contributed by atoms with van der Waals surface area (Å²) < 4.78 is 5.93. The number of amides is 4. The van der Waals surface area contributed by atoms with Crippen molar-refractivity contribution >= 4 is 41.0 Å². The third kappa shape index (κ3) is 7.41. The van der Waals surface area contributed by atoms with E-state index < -0.39 is 29.7 Å². The Bertz CT molecular complexity index is 1220. The van der Waals surface area contributed by atoms with Crippen molar-refractivity contribution in [1.29, 1.82) is 5.41 Å². The van der Waals surface area contributed by atoms with Crippen LogP contribution >= 0.6 is 0 Å². The minimum absolute atomic E-state index is 0.0687. The summed E-state index contributed by atoms with van der Waals surface area (Å²) in [5.41, 5.74) is 17.8. The molecule has 196 valence electrons. The van der Waals surface area contributed by atoms with Gasteiger partial charge in [0.1, 0.15) is 18.4 Å². The number of carbonyl (C=O) groups is 4. The molecule has 0 radical (unpaired) electrons. The van der Waals surface area contributed by atoms with Crippen LogP contribution in [0.25, 0.3) is 0 Å². The van der Waals surface area contributed by atoms with E-state index in [1.807, 2.05) is 0 Å². The lowest BCUT2D eigenvalue weighted by atomic mass is 10.1. The second-order valence-corrected chi connectivity index (χ2v) is 8.35. The molecule has 0 saturated heterocycles. The Labute approximate surface area is 213 Å². The van der Waals surface area contributed by atoms with Crippen LogP contribution in [0.5, 0.6) is 5.75 Å². The monoisotopic (exact) mass is 510 g/mol. The molecule has 1 aliphatic heterocycles. The lowest BCUT2D eigenvalue weighted by Crippen LogP contribution is -2.48. The second-order valence-electron chi connectivity index (χ2n) is 8.35. The van der Waals surface area contributed by atoms with Gasteiger partial charge in [-0.1, -0.05) is 6.07 Å². The minimum atomic E-state index is -0.944. The number of fused-ring (bicyclic) bond motifs is 2. The van der Waals surface area contributed by atoms with E-state index in [4.69, 9.17) is 27.3 Å². The molecule has 4 amide bonds. The first kappa shape index (κ1) is 26.9. The molecular weight excluding hydrogens is 480 g/mol. The molecule has 0 spiro atoms. The van der Waals surface area contributed by atoms with Crippen molar-refractivity contribution in [1.82, 2.24) is 10.6 Å². The summed E-state index contributed by atoms with van der Waals surface area (Å²) in [4.78, 5) is 50.4. The predicted molar refractivity (Wildman–Crippen MR) is 137 cm³/mol. The number of rotatable bonds is 6. The molecule has 0 fully saturated rings. The summed E-state index contributed by atoms with van der Waals surface area (Å²) in [5.74, 6) is -2.51. The van der Waals surface area contributed by atoms with Gasteiger partial charge in [0.15, 0.2) is 5.96 Å². The highest BCUT2D eigenvalue weighted by molar-refractivity contribution is 6.02. The van der Waals surface area contributed by atoms with E-state index in [-0.39, 0.29) is 41.7 Å². The summed E-state index contributed by atoms with van der Waals surface area (Å²) in [6.45, 7) is -0.0126. The number of ether oxygens (including phenoxy) is 1. The van der Waals surface area contributed by atoms with Gasteiger partial charge in [0, 0.05) is 22.5 Å². The number of primary amides is 1. The highest BCUT2D eigenvalue weighted by Crippen LogP contribution is 2.26. The molecule has 1 atom stereocenters. The number of hydrogen-bond acceptors (Lipinski definition) is 7. The maximum absolute atomic E-state index is 13.3. The summed E-state index contributed by atoms with van der Waals surface area (Å²) in [6, 6.07) is 8.06. The van der Waals surface area contributed by atoms with Crippen molar-refractivity contribution in [3.8, 4) is 5.75 Å². The summed E-state index contributed by atoms with van der Waals surface area (Å²) in [7, 11) is 0. The van der Waals surface area contributed by atoms with E-state index in [1.165, 1.54) is 24.3 Å². The second kappa shape index (κ2) is 12.4. The highest BCUT2D eigenvalue weighted by atomic mass is 16.5. The smallest absolute Gasteiger partial charge is 0.255 e. The largest absolute Gasteiger partial charge is 0.488 e. The fraction of sp³-hybridized carbons (Fsp3) is 0.292. The maximum atomic E-state index is 13.3. The molecule has 1 aliphatic rings. The first-order chi connectivity index (χ1) is 17.7. The van der Waals surface area contributed by atoms with Crippen LogP contribution in [0.2, 0.25) is 0 Å². The molecule has 0 aromatic heterocycles. The highest BCUT2D eigenvalue weighted by Gasteiger charge is 2.25. The van der Waals surface area contributed by atoms with Gasteiger partial charge in [0.2, 0.25) is 17.7 Å². The van der Waals surface area contributed by atoms with Crippen molar-refractivity contribution in [2.24, 2.45) is 17.2 Å². The van der Waals surface area contributed by atoms with Crippen LogP contribution in [0.1, 0.15) is 45.5 Å². The maximum Gasteiger partial charge on any atom is 0.255 e. The normalized spacial score (nSPS) is 16.0. The van der Waals surface area contributed by atoms with Crippen molar-refractivity contribution in [2.45, 2.75) is 31.9 Å². The minimum Gasteiger partial charge on any atom is -0.488 e. The summed E-state index contributed by atoms with van der Waals surface area (Å²) >= 11 is 0. The number of guanidine groups is 1. The Balaban J connectivity index is 2.02. The lowest BCUT2D eigenvalue weighted by molar-refractivity contribution is -0.125. The Morgan fingerprint density at radius 1 is 1.11 bits per heavy atom. The van der Waals surface area contributed by atoms with Gasteiger partial charge in [0.05, 0.1) is 12.1 Å². The number of nitrogens with one attached hydrogen (secondary N) is 5. The van der Waals surface area contributed by atoms with Crippen LogP contribution in [0.15, 0.2) is 36.4 Å². The van der Waals surface area contributed by atoms with Crippen LogP contribution < -0.4 is 43.2 Å². The lowest BCUT2D eigenvalue weighted by Gasteiger charge is -2.21. The van der Waals surface area contributed by atoms with Gasteiger partial charge in [-0.25, -0.2) is 0 Å². The molecule has 2 aromatic carbocycles. The van der Waals surface area contributed by atoms with E-state index in [2.05, 4.69) is 21.3 Å². The van der Waals surface area contributed by atoms with Crippen molar-refractivity contribution in [3.05, 3.63) is 53.1 Å². The third-order valence-corrected chi connectivity index (χ3v) is 5.55. The quantitative estimate of drug-likeness (QED) is 0.149. The molecule has 1 heterocycles. The van der Waals surface area contributed by atoms with Gasteiger partial charge in [-0.05, 0) is 56.1 Å². The molecule has 0 saturated carbocycles. The predicted octanol–water partition coefficient (Wildman–Crippen LogP) is -0.0344. The van der Waals surface area contributed by atoms with Gasteiger partial charge in [-0.15, -0.1) is 0 Å². The van der Waals surface area contributed by atoms with Gasteiger partial charge in [-0.3, -0.25) is 24.6 Å². The zero-order valence-electron chi connectivity index (χ0n) is 20.1. The van der Waals surface area contributed by atoms with E-state index in [9.17, 15) is 19.2 Å². The Kier molecular flexibility index (Phi) is 9.00. The molecule has 3 rings (SSSR count). The van der Waals surface area contributed by atoms with Crippen LogP contribution in [-0.2, 0) is 16.2 Å². The Morgan fingerprint density at radius 2 is 1.89 bits per heavy atom. The first-order valence-corrected chi connectivity index (χ1v) is 11.6. The number of unbranched alkanes of at least 4 members (excludes halogenated alkanes) is 1. The molecule has 0 unspecified atom stereocenters. The van der Waals surface area contributed by atoms with Crippen LogP contribution in [-0.4, -0.2) is 48.7 Å². The van der Waals surface area contributed by atoms with Gasteiger partial charge in [0.25, 0.3) is 5.91 Å². The van der Waals surface area contributed by atoms with Gasteiger partial charge < -0.3 is 43.2 Å². The number of benzene rings is 2. The zero-order valence-corrected chi connectivity index (χ0v) is 20.1. The summed E-state index contributed by atoms with van der Waals surface area (Å²) in [6.07, 6.45) is 1.51. The Hall–Kier alpha value is -4.65.